The number of rotatable bonds is 30. The quantitative estimate of drug-likeness (QED) is 0.0236. The summed E-state index contributed by atoms with van der Waals surface area (Å²) in [5.41, 5.74) is 5.13. The average molecular weight is 853 g/mol. The Bertz CT molecular complexity index is 1460. The molecular formula is C40H68N8O12. The summed E-state index contributed by atoms with van der Waals surface area (Å²) >= 11 is 0. The third kappa shape index (κ3) is 20.3. The summed E-state index contributed by atoms with van der Waals surface area (Å²) in [4.78, 5) is 126. The minimum atomic E-state index is -1.66. The van der Waals surface area contributed by atoms with E-state index in [1.165, 1.54) is 51.9 Å². The molecule has 20 nitrogen and oxygen atoms in total. The lowest BCUT2D eigenvalue weighted by atomic mass is 10.0. The number of amides is 9. The van der Waals surface area contributed by atoms with Gasteiger partial charge in [0.1, 0.15) is 36.3 Å². The molecule has 0 saturated carbocycles. The number of nitrogens with zero attached hydrogens (tertiary/aromatic N) is 1. The number of nitrogens with two attached hydrogens (primary N) is 1. The fourth-order valence-electron chi connectivity index (χ4n) is 6.67. The third-order valence-electron chi connectivity index (χ3n) is 9.96. The predicted molar refractivity (Wildman–Crippen MR) is 218 cm³/mol. The summed E-state index contributed by atoms with van der Waals surface area (Å²) in [6, 6.07) is -8.34. The molecule has 0 unspecified atom stereocenters. The fourth-order valence-corrected chi connectivity index (χ4v) is 6.67. The molecule has 0 aliphatic carbocycles. The normalized spacial score (nSPS) is 16.1. The number of carbonyl (C=O) groups is 10. The van der Waals surface area contributed by atoms with Crippen molar-refractivity contribution in [2.75, 3.05) is 19.8 Å². The van der Waals surface area contributed by atoms with E-state index in [1.807, 2.05) is 13.8 Å². The first-order valence-electron chi connectivity index (χ1n) is 21.1. The Labute approximate surface area is 352 Å². The van der Waals surface area contributed by atoms with Gasteiger partial charge in [0, 0.05) is 13.0 Å². The van der Waals surface area contributed by atoms with Crippen LogP contribution in [0.2, 0.25) is 0 Å². The molecule has 1 aliphatic rings. The Morgan fingerprint density at radius 1 is 0.683 bits per heavy atom. The molecule has 1 saturated heterocycles. The molecular weight excluding hydrogens is 784 g/mol. The van der Waals surface area contributed by atoms with Gasteiger partial charge in [0.15, 0.2) is 0 Å². The summed E-state index contributed by atoms with van der Waals surface area (Å²) < 4.78 is 0. The molecule has 10 N–H and O–H groups in total. The Morgan fingerprint density at radius 3 is 1.75 bits per heavy atom. The highest BCUT2D eigenvalue weighted by Gasteiger charge is 2.39. The van der Waals surface area contributed by atoms with E-state index in [0.717, 1.165) is 24.2 Å². The predicted octanol–water partition coefficient (Wildman–Crippen LogP) is -1.13. The minimum absolute atomic E-state index is 0.0183. The van der Waals surface area contributed by atoms with Crippen LogP contribution < -0.4 is 37.6 Å². The Morgan fingerprint density at radius 2 is 1.22 bits per heavy atom. The molecule has 0 bridgehead atoms. The molecule has 0 aromatic carbocycles. The van der Waals surface area contributed by atoms with Crippen LogP contribution in [0.5, 0.6) is 0 Å². The summed E-state index contributed by atoms with van der Waals surface area (Å²) in [6.07, 6.45) is 12.4. The molecule has 9 amide bonds. The third-order valence-corrected chi connectivity index (χ3v) is 9.96. The van der Waals surface area contributed by atoms with Gasteiger partial charge in [-0.3, -0.25) is 53.3 Å². The minimum Gasteiger partial charge on any atom is -0.394 e. The van der Waals surface area contributed by atoms with E-state index >= 15 is 0 Å². The van der Waals surface area contributed by atoms with E-state index in [0.29, 0.717) is 12.8 Å². The van der Waals surface area contributed by atoms with Crippen LogP contribution in [0.3, 0.4) is 0 Å². The zero-order valence-electron chi connectivity index (χ0n) is 35.6. The van der Waals surface area contributed by atoms with Crippen molar-refractivity contribution < 1.29 is 58.2 Å². The van der Waals surface area contributed by atoms with Gasteiger partial charge in [-0.05, 0) is 38.5 Å². The highest BCUT2D eigenvalue weighted by Crippen LogP contribution is 2.19. The van der Waals surface area contributed by atoms with E-state index in [2.05, 4.69) is 33.5 Å². The lowest BCUT2D eigenvalue weighted by molar-refractivity contribution is -0.143. The van der Waals surface area contributed by atoms with Gasteiger partial charge < -0.3 is 47.4 Å². The van der Waals surface area contributed by atoms with E-state index in [1.54, 1.807) is 5.32 Å². The summed E-state index contributed by atoms with van der Waals surface area (Å²) in [7, 11) is 0. The molecule has 0 aromatic rings. The second kappa shape index (κ2) is 29.3. The number of aliphatic hydroxyl groups is 2. The number of hydrogen-bond acceptors (Lipinski definition) is 12. The number of aldehydes is 1. The van der Waals surface area contributed by atoms with E-state index < -0.39 is 103 Å². The van der Waals surface area contributed by atoms with E-state index in [9.17, 15) is 58.2 Å². The number of primary amides is 1. The van der Waals surface area contributed by atoms with Crippen molar-refractivity contribution in [1.82, 2.24) is 36.8 Å². The molecule has 340 valence electrons. The van der Waals surface area contributed by atoms with Crippen LogP contribution in [0.25, 0.3) is 0 Å². The molecule has 1 fully saturated rings. The number of unbranched alkanes of at least 4 members (excludes halogenated alkanes) is 10. The van der Waals surface area contributed by atoms with Gasteiger partial charge in [0.05, 0.1) is 19.6 Å². The van der Waals surface area contributed by atoms with Crippen LogP contribution in [-0.2, 0) is 47.9 Å². The summed E-state index contributed by atoms with van der Waals surface area (Å²) in [6.45, 7) is 5.39. The summed E-state index contributed by atoms with van der Waals surface area (Å²) in [5.74, 6) is -8.26. The van der Waals surface area contributed by atoms with Crippen molar-refractivity contribution in [1.29, 1.82) is 0 Å². The molecule has 60 heavy (non-hydrogen) atoms. The topological polar surface area (TPSA) is 313 Å². The fraction of sp³-hybridized carbons (Fsp3) is 0.750. The smallest absolute Gasteiger partial charge is 0.290 e. The maximum absolute atomic E-state index is 13.5. The SMILES string of the molecule is CCCCCCCCCCCCCC(=O)N[C@@H](CC(C)C)C(=O)N[C@@H](CO)C(=O)N[C@@H](CO)C(=O)N1CCC[C@@H]1C(=O)N[C@@H](C)C(=O)N[C@@H](CC(N)=O)C(=O)NC(=O)C=O. The maximum atomic E-state index is 13.5. The zero-order valence-corrected chi connectivity index (χ0v) is 35.6. The molecule has 1 rings (SSSR count). The van der Waals surface area contributed by atoms with E-state index in [4.69, 9.17) is 5.73 Å². The van der Waals surface area contributed by atoms with Gasteiger partial charge in [-0.15, -0.1) is 0 Å². The number of aliphatic hydroxyl groups excluding tert-OH is 2. The Kier molecular flexibility index (Phi) is 25.9. The second-order valence-corrected chi connectivity index (χ2v) is 15.6. The lowest BCUT2D eigenvalue weighted by Gasteiger charge is -2.29. The number of hydrogen-bond donors (Lipinski definition) is 9. The van der Waals surface area contributed by atoms with Gasteiger partial charge in [-0.1, -0.05) is 85.0 Å². The van der Waals surface area contributed by atoms with Crippen molar-refractivity contribution >= 4 is 59.5 Å². The maximum Gasteiger partial charge on any atom is 0.290 e. The molecule has 6 atom stereocenters. The van der Waals surface area contributed by atoms with Crippen molar-refractivity contribution in [3.8, 4) is 0 Å². The number of likely N-dealkylation sites (tertiary alicyclic amines) is 1. The number of carbonyl (C=O) groups excluding carboxylic acids is 10. The first-order chi connectivity index (χ1) is 28.5. The van der Waals surface area contributed by atoms with Crippen molar-refractivity contribution in [2.24, 2.45) is 11.7 Å². The van der Waals surface area contributed by atoms with Crippen LogP contribution >= 0.6 is 0 Å². The van der Waals surface area contributed by atoms with Crippen LogP contribution in [0.4, 0.5) is 0 Å². The molecule has 1 aliphatic heterocycles. The van der Waals surface area contributed by atoms with Crippen LogP contribution in [0.15, 0.2) is 0 Å². The summed E-state index contributed by atoms with van der Waals surface area (Å²) in [5, 5.41) is 33.8. The Hall–Kier alpha value is -4.98. The van der Waals surface area contributed by atoms with Gasteiger partial charge in [0.25, 0.3) is 5.91 Å². The highest BCUT2D eigenvalue weighted by atomic mass is 16.3. The standard InChI is InChI=1S/C40H68N8O12/c1-5-6-7-8-9-10-11-12-13-14-15-18-33(53)43-27(20-25(2)3)36(56)45-29(22-49)38(58)46-30(23-50)40(60)48-19-16-17-31(48)39(59)42-26(4)35(55)44-28(21-32(41)52)37(57)47-34(54)24-51/h24-31,49-50H,5-23H2,1-4H3,(H2,41,52)(H,42,59)(H,43,53)(H,44,55)(H,45,56)(H,46,58)(H,47,54,57)/t26-,27-,28-,29-,30-,31+/m0/s1. The van der Waals surface area contributed by atoms with Crippen LogP contribution in [0.1, 0.15) is 130 Å². The highest BCUT2D eigenvalue weighted by molar-refractivity contribution is 6.28. The Balaban J connectivity index is 2.79. The molecule has 0 radical (unpaired) electrons. The van der Waals surface area contributed by atoms with Gasteiger partial charge in [-0.25, -0.2) is 0 Å². The first kappa shape index (κ1) is 53.0. The van der Waals surface area contributed by atoms with Crippen molar-refractivity contribution in [2.45, 2.75) is 167 Å². The van der Waals surface area contributed by atoms with E-state index in [-0.39, 0.29) is 43.9 Å². The van der Waals surface area contributed by atoms with Crippen molar-refractivity contribution in [3.63, 3.8) is 0 Å². The number of nitrogens with one attached hydrogen (secondary N) is 6. The lowest BCUT2D eigenvalue weighted by Crippen LogP contribution is -2.60. The van der Waals surface area contributed by atoms with Gasteiger partial charge >= 0.3 is 0 Å². The molecule has 0 spiro atoms. The van der Waals surface area contributed by atoms with Crippen molar-refractivity contribution in [3.05, 3.63) is 0 Å². The zero-order chi connectivity index (χ0) is 45.2. The largest absolute Gasteiger partial charge is 0.394 e. The van der Waals surface area contributed by atoms with Gasteiger partial charge in [-0.2, -0.15) is 0 Å². The monoisotopic (exact) mass is 852 g/mol. The average Bonchev–Trinajstić information content (AvgIpc) is 3.70. The number of imide groups is 1. The molecule has 1 heterocycles. The first-order valence-corrected chi connectivity index (χ1v) is 21.1. The van der Waals surface area contributed by atoms with Gasteiger partial charge in [0.2, 0.25) is 53.5 Å². The van der Waals surface area contributed by atoms with Crippen LogP contribution in [0, 0.1) is 5.92 Å². The second-order valence-electron chi connectivity index (χ2n) is 15.6. The van der Waals surface area contributed by atoms with Crippen LogP contribution in [-0.4, -0.2) is 131 Å². The molecule has 0 aromatic heterocycles. The molecule has 20 heteroatoms.